The number of hydrogen-bond donors (Lipinski definition) is 1. The minimum absolute atomic E-state index is 0.413. The van der Waals surface area contributed by atoms with E-state index < -0.39 is 0 Å². The van der Waals surface area contributed by atoms with E-state index >= 15 is 0 Å². The predicted octanol–water partition coefficient (Wildman–Crippen LogP) is 2.07. The van der Waals surface area contributed by atoms with Crippen LogP contribution in [0.1, 0.15) is 17.3 Å². The molecule has 1 saturated heterocycles. The molecule has 1 unspecified atom stereocenters. The Morgan fingerprint density at radius 3 is 2.86 bits per heavy atom. The highest BCUT2D eigenvalue weighted by Gasteiger charge is 2.27. The molecular weight excluding hydrogens is 282 g/mol. The highest BCUT2D eigenvalue weighted by Crippen LogP contribution is 2.28. The molecule has 0 aliphatic carbocycles. The first-order chi connectivity index (χ1) is 10.3. The predicted molar refractivity (Wildman–Crippen MR) is 86.5 cm³/mol. The summed E-state index contributed by atoms with van der Waals surface area (Å²) in [6, 6.07) is 11.2. The van der Waals surface area contributed by atoms with E-state index in [1.54, 1.807) is 0 Å². The fraction of sp³-hybridized carbons (Fsp3) is 0.467. The second kappa shape index (κ2) is 6.51. The van der Waals surface area contributed by atoms with Gasteiger partial charge in [0.2, 0.25) is 0 Å². The normalized spacial score (nSPS) is 20.6. The number of likely N-dealkylation sites (N-methyl/N-ethyl adjacent to an activating group) is 1. The van der Waals surface area contributed by atoms with Crippen LogP contribution in [0.4, 0.5) is 5.00 Å². The Kier molecular flexibility index (Phi) is 4.48. The molecule has 3 rings (SSSR count). The van der Waals surface area contributed by atoms with Crippen LogP contribution in [0.3, 0.4) is 0 Å². The lowest BCUT2D eigenvalue weighted by Crippen LogP contribution is -2.46. The van der Waals surface area contributed by atoms with Gasteiger partial charge in [0.05, 0.1) is 0 Å². The van der Waals surface area contributed by atoms with E-state index in [1.807, 2.05) is 7.05 Å². The van der Waals surface area contributed by atoms with E-state index in [4.69, 9.17) is 0 Å². The first kappa shape index (κ1) is 14.4. The minimum atomic E-state index is 0.413. The van der Waals surface area contributed by atoms with Crippen molar-refractivity contribution in [1.29, 1.82) is 0 Å². The first-order valence-corrected chi connectivity index (χ1v) is 8.02. The number of hydrogen-bond acceptors (Lipinski definition) is 6. The van der Waals surface area contributed by atoms with Gasteiger partial charge >= 0.3 is 0 Å². The number of nitrogens with zero attached hydrogens (tertiary/aromatic N) is 4. The van der Waals surface area contributed by atoms with Gasteiger partial charge in [-0.3, -0.25) is 4.90 Å². The Labute approximate surface area is 129 Å². The fourth-order valence-electron chi connectivity index (χ4n) is 2.83. The molecule has 1 fully saturated rings. The van der Waals surface area contributed by atoms with E-state index in [9.17, 15) is 0 Å². The number of benzene rings is 1. The van der Waals surface area contributed by atoms with Crippen LogP contribution in [-0.2, 0) is 6.54 Å². The van der Waals surface area contributed by atoms with Crippen LogP contribution < -0.4 is 5.32 Å². The Morgan fingerprint density at radius 2 is 2.10 bits per heavy atom. The molecule has 0 saturated carbocycles. The van der Waals surface area contributed by atoms with Crippen LogP contribution >= 0.6 is 11.5 Å². The van der Waals surface area contributed by atoms with Crippen molar-refractivity contribution in [3.05, 3.63) is 41.6 Å². The zero-order valence-electron chi connectivity index (χ0n) is 12.5. The van der Waals surface area contributed by atoms with Gasteiger partial charge in [-0.2, -0.15) is 0 Å². The van der Waals surface area contributed by atoms with Gasteiger partial charge in [-0.1, -0.05) is 34.8 Å². The summed E-state index contributed by atoms with van der Waals surface area (Å²) in [5, 5.41) is 8.53. The molecule has 1 aliphatic rings. The highest BCUT2D eigenvalue weighted by molar-refractivity contribution is 7.10. The summed E-state index contributed by atoms with van der Waals surface area (Å²) < 4.78 is 4.06. The van der Waals surface area contributed by atoms with Gasteiger partial charge in [-0.25, -0.2) is 0 Å². The second-order valence-corrected chi connectivity index (χ2v) is 6.21. The van der Waals surface area contributed by atoms with Crippen LogP contribution in [0.5, 0.6) is 0 Å². The first-order valence-electron chi connectivity index (χ1n) is 7.24. The molecule has 1 aromatic heterocycles. The third kappa shape index (κ3) is 3.23. The van der Waals surface area contributed by atoms with Crippen molar-refractivity contribution in [2.24, 2.45) is 0 Å². The number of piperazine rings is 1. The van der Waals surface area contributed by atoms with Crippen molar-refractivity contribution >= 4 is 16.5 Å². The van der Waals surface area contributed by atoms with Crippen molar-refractivity contribution < 1.29 is 0 Å². The smallest absolute Gasteiger partial charge is 0.134 e. The van der Waals surface area contributed by atoms with Crippen LogP contribution in [0.15, 0.2) is 30.3 Å². The van der Waals surface area contributed by atoms with Crippen LogP contribution in [-0.4, -0.2) is 53.1 Å². The van der Waals surface area contributed by atoms with Gasteiger partial charge in [0, 0.05) is 50.8 Å². The van der Waals surface area contributed by atoms with E-state index in [0.717, 1.165) is 36.9 Å². The van der Waals surface area contributed by atoms with Crippen LogP contribution in [0.2, 0.25) is 0 Å². The molecule has 112 valence electrons. The number of rotatable bonds is 4. The van der Waals surface area contributed by atoms with E-state index in [1.165, 1.54) is 17.1 Å². The zero-order chi connectivity index (χ0) is 14.7. The Morgan fingerprint density at radius 1 is 1.29 bits per heavy atom. The van der Waals surface area contributed by atoms with Gasteiger partial charge in [-0.15, -0.1) is 5.10 Å². The zero-order valence-corrected chi connectivity index (χ0v) is 13.3. The lowest BCUT2D eigenvalue weighted by Gasteiger charge is -2.40. The lowest BCUT2D eigenvalue weighted by atomic mass is 10.0. The molecule has 2 aromatic rings. The summed E-state index contributed by atoms with van der Waals surface area (Å²) >= 11 is 1.43. The molecular formula is C15H21N5S. The second-order valence-electron chi connectivity index (χ2n) is 5.46. The van der Waals surface area contributed by atoms with Gasteiger partial charge in [0.15, 0.2) is 0 Å². The molecule has 1 N–H and O–H groups in total. The third-order valence-electron chi connectivity index (χ3n) is 4.01. The summed E-state index contributed by atoms with van der Waals surface area (Å²) in [5.74, 6) is 0. The molecule has 1 aromatic carbocycles. The summed E-state index contributed by atoms with van der Waals surface area (Å²) in [4.78, 5) is 4.90. The summed E-state index contributed by atoms with van der Waals surface area (Å²) in [7, 11) is 4.12. The summed E-state index contributed by atoms with van der Waals surface area (Å²) in [5.41, 5.74) is 2.42. The SMILES string of the molecule is CNc1snnc1CN1CCN(C)CC1c1ccccc1. The number of aromatic nitrogens is 2. The van der Waals surface area contributed by atoms with E-state index in [0.29, 0.717) is 6.04 Å². The van der Waals surface area contributed by atoms with Crippen LogP contribution in [0.25, 0.3) is 0 Å². The number of nitrogens with one attached hydrogen (secondary N) is 1. The van der Waals surface area contributed by atoms with Crippen molar-refractivity contribution in [1.82, 2.24) is 19.4 Å². The van der Waals surface area contributed by atoms with Crippen LogP contribution in [0, 0.1) is 0 Å². The van der Waals surface area contributed by atoms with Crippen molar-refractivity contribution in [3.63, 3.8) is 0 Å². The largest absolute Gasteiger partial charge is 0.377 e. The Bertz CT molecular complexity index is 570. The Balaban J connectivity index is 1.81. The molecule has 0 radical (unpaired) electrons. The molecule has 0 bridgehead atoms. The molecule has 1 aliphatic heterocycles. The third-order valence-corrected chi connectivity index (χ3v) is 4.80. The molecule has 2 heterocycles. The van der Waals surface area contributed by atoms with Crippen molar-refractivity contribution in [3.8, 4) is 0 Å². The molecule has 5 nitrogen and oxygen atoms in total. The quantitative estimate of drug-likeness (QED) is 0.937. The van der Waals surface area contributed by atoms with E-state index in [2.05, 4.69) is 62.1 Å². The summed E-state index contributed by atoms with van der Waals surface area (Å²) in [6.07, 6.45) is 0. The standard InChI is InChI=1S/C15H21N5S/c1-16-15-13(17-18-21-15)10-20-9-8-19(2)11-14(20)12-6-4-3-5-7-12/h3-7,14,16H,8-11H2,1-2H3. The van der Waals surface area contributed by atoms with E-state index in [-0.39, 0.29) is 0 Å². The highest BCUT2D eigenvalue weighted by atomic mass is 32.1. The fourth-order valence-corrected chi connectivity index (χ4v) is 3.36. The van der Waals surface area contributed by atoms with Gasteiger partial charge in [-0.05, 0) is 12.6 Å². The van der Waals surface area contributed by atoms with Gasteiger partial charge in [0.25, 0.3) is 0 Å². The maximum absolute atomic E-state index is 4.28. The average molecular weight is 303 g/mol. The van der Waals surface area contributed by atoms with Gasteiger partial charge < -0.3 is 10.2 Å². The van der Waals surface area contributed by atoms with Crippen molar-refractivity contribution in [2.75, 3.05) is 39.0 Å². The van der Waals surface area contributed by atoms with Crippen molar-refractivity contribution in [2.45, 2.75) is 12.6 Å². The maximum atomic E-state index is 4.28. The minimum Gasteiger partial charge on any atom is -0.377 e. The lowest BCUT2D eigenvalue weighted by molar-refractivity contribution is 0.0824. The molecule has 0 amide bonds. The number of anilines is 1. The summed E-state index contributed by atoms with van der Waals surface area (Å²) in [6.45, 7) is 4.04. The Hall–Kier alpha value is -1.50. The monoisotopic (exact) mass is 303 g/mol. The molecule has 6 heteroatoms. The topological polar surface area (TPSA) is 44.3 Å². The molecule has 1 atom stereocenters. The molecule has 0 spiro atoms. The average Bonchev–Trinajstić information content (AvgIpc) is 2.97. The van der Waals surface area contributed by atoms with Gasteiger partial charge in [0.1, 0.15) is 10.7 Å². The maximum Gasteiger partial charge on any atom is 0.134 e. The molecule has 21 heavy (non-hydrogen) atoms.